The van der Waals surface area contributed by atoms with E-state index in [0.29, 0.717) is 54.2 Å². The van der Waals surface area contributed by atoms with Gasteiger partial charge in [0.1, 0.15) is 12.3 Å². The number of amides is 1. The number of halogens is 2. The fourth-order valence-corrected chi connectivity index (χ4v) is 4.30. The Morgan fingerprint density at radius 3 is 2.67 bits per heavy atom. The minimum absolute atomic E-state index is 0.0798. The molecule has 1 fully saturated rings. The summed E-state index contributed by atoms with van der Waals surface area (Å²) in [6, 6.07) is 12.4. The number of hydrogen-bond donors (Lipinski definition) is 1. The zero-order valence-corrected chi connectivity index (χ0v) is 20.7. The summed E-state index contributed by atoms with van der Waals surface area (Å²) in [5, 5.41) is 18.5. The largest absolute Gasteiger partial charge is 0.379 e. The highest BCUT2D eigenvalue weighted by Crippen LogP contribution is 2.39. The summed E-state index contributed by atoms with van der Waals surface area (Å²) in [6.45, 7) is 2.25. The number of hydrogen-bond acceptors (Lipinski definition) is 8. The summed E-state index contributed by atoms with van der Waals surface area (Å²) in [5.74, 6) is 5.53. The number of nitrogens with zero attached hydrogens (tertiary/aromatic N) is 4. The lowest BCUT2D eigenvalue weighted by Gasteiger charge is -2.26. The molecule has 0 aliphatic carbocycles. The van der Waals surface area contributed by atoms with Gasteiger partial charge in [0, 0.05) is 36.5 Å². The second-order valence-electron chi connectivity index (χ2n) is 7.98. The van der Waals surface area contributed by atoms with Crippen LogP contribution in [0.25, 0.3) is 0 Å². The Morgan fingerprint density at radius 2 is 1.97 bits per heavy atom. The number of rotatable bonds is 7. The molecule has 2 aromatic carbocycles. The number of hydrazine groups is 1. The molecule has 0 bridgehead atoms. The van der Waals surface area contributed by atoms with E-state index < -0.39 is 5.09 Å². The summed E-state index contributed by atoms with van der Waals surface area (Å²) in [4.78, 5) is 27.5. The summed E-state index contributed by atoms with van der Waals surface area (Å²) in [7, 11) is 0. The van der Waals surface area contributed by atoms with Gasteiger partial charge in [0.2, 0.25) is 0 Å². The predicted molar refractivity (Wildman–Crippen MR) is 135 cm³/mol. The lowest BCUT2D eigenvalue weighted by molar-refractivity contribution is -0.757. The van der Waals surface area contributed by atoms with Crippen LogP contribution in [0.1, 0.15) is 30.0 Å². The first kappa shape index (κ1) is 25.7. The normalized spacial score (nSPS) is 17.7. The molecule has 1 amide bonds. The zero-order valence-electron chi connectivity index (χ0n) is 19.2. The monoisotopic (exact) mass is 531 g/mol. The standard InChI is InChI=1S/C24H23Cl2N5O5/c25-19-8-9-22(20(26)15-19)30-23(16-21(27-30)24(32)28-29-10-13-35-14-11-29)18-6-4-17(5-7-18)3-1-2-12-36-31(33)34/h4-9,15,23H,2,10-14,16H2,(H,28,32). The average Bonchev–Trinajstić information content (AvgIpc) is 3.30. The molecule has 1 saturated heterocycles. The van der Waals surface area contributed by atoms with Crippen LogP contribution < -0.4 is 10.4 Å². The summed E-state index contributed by atoms with van der Waals surface area (Å²) < 4.78 is 5.34. The van der Waals surface area contributed by atoms with Crippen LogP contribution in [0.5, 0.6) is 0 Å². The van der Waals surface area contributed by atoms with E-state index in [-0.39, 0.29) is 25.0 Å². The van der Waals surface area contributed by atoms with Gasteiger partial charge in [-0.3, -0.25) is 15.2 Å². The third kappa shape index (κ3) is 6.65. The van der Waals surface area contributed by atoms with E-state index in [1.165, 1.54) is 0 Å². The van der Waals surface area contributed by atoms with E-state index in [2.05, 4.69) is 27.2 Å². The second kappa shape index (κ2) is 12.1. The number of anilines is 1. The summed E-state index contributed by atoms with van der Waals surface area (Å²) in [5.41, 5.74) is 5.59. The Balaban J connectivity index is 1.52. The lowest BCUT2D eigenvalue weighted by atomic mass is 10.00. The molecule has 4 rings (SSSR count). The predicted octanol–water partition coefficient (Wildman–Crippen LogP) is 3.61. The van der Waals surface area contributed by atoms with Gasteiger partial charge >= 0.3 is 0 Å². The van der Waals surface area contributed by atoms with Crippen molar-refractivity contribution in [1.29, 1.82) is 0 Å². The van der Waals surface area contributed by atoms with Gasteiger partial charge in [-0.25, -0.2) is 5.01 Å². The maximum absolute atomic E-state index is 13.0. The van der Waals surface area contributed by atoms with Crippen molar-refractivity contribution in [3.05, 3.63) is 73.8 Å². The van der Waals surface area contributed by atoms with Crippen molar-refractivity contribution in [2.75, 3.05) is 37.9 Å². The molecule has 1 N–H and O–H groups in total. The minimum atomic E-state index is -0.839. The third-order valence-corrected chi connectivity index (χ3v) is 6.09. The van der Waals surface area contributed by atoms with Crippen molar-refractivity contribution in [2.45, 2.75) is 18.9 Å². The van der Waals surface area contributed by atoms with Crippen LogP contribution in [0.4, 0.5) is 5.69 Å². The fraction of sp³-hybridized carbons (Fsp3) is 0.333. The van der Waals surface area contributed by atoms with Crippen molar-refractivity contribution in [2.24, 2.45) is 5.10 Å². The molecule has 0 radical (unpaired) electrons. The molecule has 2 heterocycles. The van der Waals surface area contributed by atoms with E-state index in [1.54, 1.807) is 23.2 Å². The molecule has 1 atom stereocenters. The lowest BCUT2D eigenvalue weighted by Crippen LogP contribution is -2.50. The summed E-state index contributed by atoms with van der Waals surface area (Å²) in [6.07, 6.45) is 0.613. The van der Waals surface area contributed by atoms with Gasteiger partial charge in [0.25, 0.3) is 11.0 Å². The van der Waals surface area contributed by atoms with Crippen molar-refractivity contribution in [3.8, 4) is 11.8 Å². The van der Waals surface area contributed by atoms with Gasteiger partial charge in [-0.05, 0) is 35.9 Å². The number of benzene rings is 2. The van der Waals surface area contributed by atoms with Crippen LogP contribution >= 0.6 is 23.2 Å². The van der Waals surface area contributed by atoms with E-state index in [9.17, 15) is 14.9 Å². The van der Waals surface area contributed by atoms with Crippen molar-refractivity contribution < 1.29 is 19.5 Å². The average molecular weight is 532 g/mol. The van der Waals surface area contributed by atoms with Gasteiger partial charge in [-0.2, -0.15) is 5.10 Å². The van der Waals surface area contributed by atoms with Crippen LogP contribution in [0, 0.1) is 22.0 Å². The van der Waals surface area contributed by atoms with Crippen LogP contribution in [0.2, 0.25) is 10.0 Å². The highest BCUT2D eigenvalue weighted by Gasteiger charge is 2.34. The third-order valence-electron chi connectivity index (χ3n) is 5.55. The number of hydrazone groups is 1. The number of carbonyl (C=O) groups excluding carboxylic acids is 1. The minimum Gasteiger partial charge on any atom is -0.379 e. The first-order chi connectivity index (χ1) is 17.4. The maximum Gasteiger partial charge on any atom is 0.294 e. The number of carbonyl (C=O) groups is 1. The Morgan fingerprint density at radius 1 is 1.22 bits per heavy atom. The van der Waals surface area contributed by atoms with Crippen LogP contribution in [-0.4, -0.2) is 54.6 Å². The van der Waals surface area contributed by atoms with Crippen LogP contribution in [0.3, 0.4) is 0 Å². The second-order valence-corrected chi connectivity index (χ2v) is 8.82. The molecule has 0 saturated carbocycles. The first-order valence-corrected chi connectivity index (χ1v) is 12.0. The van der Waals surface area contributed by atoms with E-state index in [1.807, 2.05) is 29.3 Å². The fourth-order valence-electron chi connectivity index (χ4n) is 3.80. The molecular weight excluding hydrogens is 509 g/mol. The highest BCUT2D eigenvalue weighted by molar-refractivity contribution is 6.40. The molecule has 2 aromatic rings. The highest BCUT2D eigenvalue weighted by atomic mass is 35.5. The molecular formula is C24H23Cl2N5O5. The maximum atomic E-state index is 13.0. The molecule has 188 valence electrons. The summed E-state index contributed by atoms with van der Waals surface area (Å²) >= 11 is 12.6. The first-order valence-electron chi connectivity index (χ1n) is 11.2. The van der Waals surface area contributed by atoms with Crippen LogP contribution in [0.15, 0.2) is 47.6 Å². The van der Waals surface area contributed by atoms with Gasteiger partial charge < -0.3 is 9.57 Å². The molecule has 36 heavy (non-hydrogen) atoms. The van der Waals surface area contributed by atoms with Crippen LogP contribution in [-0.2, 0) is 14.4 Å². The Hall–Kier alpha value is -3.36. The Kier molecular flexibility index (Phi) is 8.61. The van der Waals surface area contributed by atoms with E-state index >= 15 is 0 Å². The molecule has 0 aromatic heterocycles. The molecule has 1 unspecified atom stereocenters. The number of ether oxygens (including phenoxy) is 1. The smallest absolute Gasteiger partial charge is 0.294 e. The molecule has 12 heteroatoms. The topological polar surface area (TPSA) is 110 Å². The molecule has 2 aliphatic heterocycles. The molecule has 10 nitrogen and oxygen atoms in total. The molecule has 0 spiro atoms. The Labute approximate surface area is 217 Å². The van der Waals surface area contributed by atoms with Gasteiger partial charge in [-0.1, -0.05) is 47.2 Å². The quantitative estimate of drug-likeness (QED) is 0.251. The zero-order chi connectivity index (χ0) is 25.5. The van der Waals surface area contributed by atoms with E-state index in [0.717, 1.165) is 11.1 Å². The number of morpholine rings is 1. The number of nitrogens with one attached hydrogen (secondary N) is 1. The van der Waals surface area contributed by atoms with Gasteiger partial charge in [-0.15, -0.1) is 10.1 Å². The van der Waals surface area contributed by atoms with Crippen molar-refractivity contribution in [1.82, 2.24) is 10.4 Å². The van der Waals surface area contributed by atoms with E-state index in [4.69, 9.17) is 27.9 Å². The SMILES string of the molecule is O=C(NN1CCOCC1)C1=NN(c2ccc(Cl)cc2Cl)C(c2ccc(C#CCCO[N+](=O)[O-])cc2)C1. The van der Waals surface area contributed by atoms with Crippen molar-refractivity contribution in [3.63, 3.8) is 0 Å². The molecule has 2 aliphatic rings. The van der Waals surface area contributed by atoms with Gasteiger partial charge in [0.15, 0.2) is 0 Å². The Bertz CT molecular complexity index is 1210. The van der Waals surface area contributed by atoms with Gasteiger partial charge in [0.05, 0.1) is 30.0 Å². The van der Waals surface area contributed by atoms with Crippen molar-refractivity contribution >= 4 is 40.5 Å².